The third-order valence-corrected chi connectivity index (χ3v) is 4.98. The summed E-state index contributed by atoms with van der Waals surface area (Å²) in [6, 6.07) is 7.40. The van der Waals surface area contributed by atoms with Crippen molar-refractivity contribution in [1.82, 2.24) is 5.32 Å². The Labute approximate surface area is 122 Å². The van der Waals surface area contributed by atoms with Crippen LogP contribution in [0, 0.1) is 0 Å². The molecule has 3 nitrogen and oxygen atoms in total. The maximum atomic E-state index is 9.95. The van der Waals surface area contributed by atoms with Gasteiger partial charge in [-0.3, -0.25) is 0 Å². The van der Waals surface area contributed by atoms with E-state index >= 15 is 0 Å². The molecular formula is C16H19NO2S. The average Bonchev–Trinajstić information content (AvgIpc) is 2.87. The summed E-state index contributed by atoms with van der Waals surface area (Å²) >= 11 is 1.83. The number of hydrogen-bond donors (Lipinski definition) is 3. The Bertz CT molecular complexity index is 608. The molecule has 2 atom stereocenters. The van der Waals surface area contributed by atoms with Crippen LogP contribution < -0.4 is 5.32 Å². The van der Waals surface area contributed by atoms with Crippen molar-refractivity contribution in [3.8, 4) is 11.5 Å². The van der Waals surface area contributed by atoms with Crippen molar-refractivity contribution < 1.29 is 10.2 Å². The molecule has 0 bridgehead atoms. The van der Waals surface area contributed by atoms with Gasteiger partial charge in [-0.05, 0) is 49.3 Å². The summed E-state index contributed by atoms with van der Waals surface area (Å²) < 4.78 is 0. The first-order chi connectivity index (χ1) is 9.65. The molecule has 106 valence electrons. The largest absolute Gasteiger partial charge is 0.508 e. The minimum absolute atomic E-state index is 0.0476. The molecule has 2 unspecified atom stereocenters. The monoisotopic (exact) mass is 289 g/mol. The number of aromatic hydroxyl groups is 2. The van der Waals surface area contributed by atoms with Crippen molar-refractivity contribution in [2.45, 2.75) is 38.3 Å². The van der Waals surface area contributed by atoms with Gasteiger partial charge >= 0.3 is 0 Å². The van der Waals surface area contributed by atoms with Crippen molar-refractivity contribution in [2.24, 2.45) is 0 Å². The van der Waals surface area contributed by atoms with E-state index < -0.39 is 0 Å². The highest BCUT2D eigenvalue weighted by Gasteiger charge is 2.23. The van der Waals surface area contributed by atoms with Crippen LogP contribution in [0.4, 0.5) is 0 Å². The van der Waals surface area contributed by atoms with Crippen molar-refractivity contribution in [1.29, 1.82) is 0 Å². The predicted octanol–water partition coefficient (Wildman–Crippen LogP) is 3.89. The Kier molecular flexibility index (Phi) is 3.68. The fourth-order valence-corrected chi connectivity index (χ4v) is 3.94. The van der Waals surface area contributed by atoms with Gasteiger partial charge in [-0.15, -0.1) is 11.3 Å². The molecule has 3 N–H and O–H groups in total. The zero-order valence-electron chi connectivity index (χ0n) is 11.5. The maximum Gasteiger partial charge on any atom is 0.124 e. The Morgan fingerprint density at radius 1 is 1.30 bits per heavy atom. The van der Waals surface area contributed by atoms with Gasteiger partial charge in [-0.25, -0.2) is 0 Å². The van der Waals surface area contributed by atoms with Crippen LogP contribution in [0.25, 0.3) is 0 Å². The average molecular weight is 289 g/mol. The summed E-state index contributed by atoms with van der Waals surface area (Å²) in [6.07, 6.45) is 3.52. The molecule has 0 fully saturated rings. The number of nitrogens with one attached hydrogen (secondary N) is 1. The van der Waals surface area contributed by atoms with Crippen molar-refractivity contribution in [2.75, 3.05) is 0 Å². The second-order valence-corrected chi connectivity index (χ2v) is 6.38. The molecule has 1 aliphatic rings. The molecule has 0 saturated heterocycles. The van der Waals surface area contributed by atoms with Crippen LogP contribution in [-0.4, -0.2) is 10.2 Å². The number of benzene rings is 1. The number of phenolic OH excluding ortho intramolecular Hbond substituents is 2. The van der Waals surface area contributed by atoms with Crippen LogP contribution in [0.3, 0.4) is 0 Å². The smallest absolute Gasteiger partial charge is 0.124 e. The summed E-state index contributed by atoms with van der Waals surface area (Å²) in [4.78, 5) is 1.48. The molecule has 1 aromatic heterocycles. The van der Waals surface area contributed by atoms with Crippen LogP contribution in [0.5, 0.6) is 11.5 Å². The molecule has 4 heteroatoms. The molecular weight excluding hydrogens is 270 g/mol. The fourth-order valence-electron chi connectivity index (χ4n) is 2.95. The Hall–Kier alpha value is -1.52. The number of aryl methyl sites for hydroxylation is 1. The van der Waals surface area contributed by atoms with Crippen LogP contribution >= 0.6 is 11.3 Å². The molecule has 1 heterocycles. The number of fused-ring (bicyclic) bond motifs is 1. The van der Waals surface area contributed by atoms with E-state index in [1.165, 1.54) is 29.3 Å². The highest BCUT2D eigenvalue weighted by molar-refractivity contribution is 7.10. The molecule has 0 aliphatic heterocycles. The summed E-state index contributed by atoms with van der Waals surface area (Å²) in [5, 5.41) is 25.1. The summed E-state index contributed by atoms with van der Waals surface area (Å²) in [6.45, 7) is 2.05. The topological polar surface area (TPSA) is 52.5 Å². The molecule has 3 rings (SSSR count). The van der Waals surface area contributed by atoms with E-state index in [0.717, 1.165) is 12.0 Å². The molecule has 1 aliphatic carbocycles. The lowest BCUT2D eigenvalue weighted by atomic mass is 9.92. The van der Waals surface area contributed by atoms with E-state index in [9.17, 15) is 10.2 Å². The van der Waals surface area contributed by atoms with Crippen LogP contribution in [0.2, 0.25) is 0 Å². The van der Waals surface area contributed by atoms with E-state index in [-0.39, 0.29) is 17.5 Å². The standard InChI is InChI=1S/C16H19NO2S/c1-10(12-6-5-11(18)9-15(12)19)17-14-3-2-4-16-13(14)7-8-20-16/h5-10,14,17-19H,2-4H2,1H3. The number of thiophene rings is 1. The Morgan fingerprint density at radius 3 is 2.95 bits per heavy atom. The molecule has 20 heavy (non-hydrogen) atoms. The molecule has 1 aromatic carbocycles. The first kappa shape index (κ1) is 13.5. The van der Waals surface area contributed by atoms with Gasteiger partial charge in [0, 0.05) is 28.6 Å². The zero-order valence-corrected chi connectivity index (χ0v) is 12.3. The molecule has 0 spiro atoms. The van der Waals surface area contributed by atoms with Crippen LogP contribution in [-0.2, 0) is 6.42 Å². The second-order valence-electron chi connectivity index (χ2n) is 5.38. The molecule has 2 aromatic rings. The fraction of sp³-hybridized carbons (Fsp3) is 0.375. The van der Waals surface area contributed by atoms with Gasteiger partial charge in [0.1, 0.15) is 11.5 Å². The van der Waals surface area contributed by atoms with E-state index in [2.05, 4.69) is 16.8 Å². The minimum atomic E-state index is 0.0476. The molecule has 0 radical (unpaired) electrons. The third kappa shape index (κ3) is 2.53. The lowest BCUT2D eigenvalue weighted by Gasteiger charge is -2.27. The third-order valence-electron chi connectivity index (χ3n) is 3.98. The van der Waals surface area contributed by atoms with E-state index in [0.29, 0.717) is 6.04 Å². The lowest BCUT2D eigenvalue weighted by Crippen LogP contribution is -2.27. The van der Waals surface area contributed by atoms with Crippen molar-refractivity contribution in [3.05, 3.63) is 45.6 Å². The van der Waals surface area contributed by atoms with Gasteiger partial charge in [0.25, 0.3) is 0 Å². The molecule has 0 amide bonds. The van der Waals surface area contributed by atoms with Crippen LogP contribution in [0.15, 0.2) is 29.6 Å². The Balaban J connectivity index is 1.79. The summed E-state index contributed by atoms with van der Waals surface area (Å²) in [7, 11) is 0. The number of rotatable bonds is 3. The van der Waals surface area contributed by atoms with Gasteiger partial charge in [0.05, 0.1) is 0 Å². The predicted molar refractivity (Wildman–Crippen MR) is 81.3 cm³/mol. The SMILES string of the molecule is CC(NC1CCCc2sccc21)c1ccc(O)cc1O. The molecule has 0 saturated carbocycles. The van der Waals surface area contributed by atoms with Crippen LogP contribution in [0.1, 0.15) is 47.9 Å². The van der Waals surface area contributed by atoms with Crippen molar-refractivity contribution >= 4 is 11.3 Å². The van der Waals surface area contributed by atoms with E-state index in [1.807, 2.05) is 18.3 Å². The summed E-state index contributed by atoms with van der Waals surface area (Å²) in [5.74, 6) is 0.239. The van der Waals surface area contributed by atoms with Gasteiger partial charge in [0.15, 0.2) is 0 Å². The van der Waals surface area contributed by atoms with Gasteiger partial charge in [-0.1, -0.05) is 6.07 Å². The minimum Gasteiger partial charge on any atom is -0.508 e. The highest BCUT2D eigenvalue weighted by Crippen LogP contribution is 2.36. The van der Waals surface area contributed by atoms with Gasteiger partial charge in [-0.2, -0.15) is 0 Å². The second kappa shape index (κ2) is 5.46. The number of hydrogen-bond acceptors (Lipinski definition) is 4. The van der Waals surface area contributed by atoms with Gasteiger partial charge < -0.3 is 15.5 Å². The maximum absolute atomic E-state index is 9.95. The summed E-state index contributed by atoms with van der Waals surface area (Å²) in [5.41, 5.74) is 2.23. The highest BCUT2D eigenvalue weighted by atomic mass is 32.1. The first-order valence-corrected chi connectivity index (χ1v) is 7.87. The van der Waals surface area contributed by atoms with E-state index in [4.69, 9.17) is 0 Å². The van der Waals surface area contributed by atoms with E-state index in [1.54, 1.807) is 12.1 Å². The Morgan fingerprint density at radius 2 is 2.15 bits per heavy atom. The quantitative estimate of drug-likeness (QED) is 0.803. The van der Waals surface area contributed by atoms with Crippen molar-refractivity contribution in [3.63, 3.8) is 0 Å². The normalized spacial score (nSPS) is 19.6. The lowest BCUT2D eigenvalue weighted by molar-refractivity contribution is 0.399. The zero-order chi connectivity index (χ0) is 14.1. The first-order valence-electron chi connectivity index (χ1n) is 6.99. The number of phenols is 2. The van der Waals surface area contributed by atoms with Gasteiger partial charge in [0.2, 0.25) is 0 Å².